The first-order chi connectivity index (χ1) is 12.7. The second-order valence-electron chi connectivity index (χ2n) is 6.58. The summed E-state index contributed by atoms with van der Waals surface area (Å²) >= 11 is 6.06. The van der Waals surface area contributed by atoms with Crippen molar-refractivity contribution in [2.45, 2.75) is 44.3 Å². The standard InChI is InChI=1S/C19H18ClF3N2O2/c20-16-9-14(19(21,22)23)8-7-13(16)11-25-15(3-1-2-4-18(26)27)10-17(24-25)12-5-6-12/h2,4,7-10,12H,1,3,5-6,11H2,(H,26,27)/b4-2+. The van der Waals surface area contributed by atoms with Crippen LogP contribution in [0, 0.1) is 0 Å². The first-order valence-electron chi connectivity index (χ1n) is 8.56. The molecule has 1 aliphatic rings. The molecule has 8 heteroatoms. The number of aryl methyl sites for hydroxylation is 1. The van der Waals surface area contributed by atoms with Crippen molar-refractivity contribution in [3.05, 3.63) is 64.0 Å². The van der Waals surface area contributed by atoms with Gasteiger partial charge >= 0.3 is 12.1 Å². The molecule has 144 valence electrons. The maximum absolute atomic E-state index is 12.8. The van der Waals surface area contributed by atoms with E-state index in [1.807, 2.05) is 6.07 Å². The third kappa shape index (κ3) is 5.13. The highest BCUT2D eigenvalue weighted by Gasteiger charge is 2.31. The minimum Gasteiger partial charge on any atom is -0.478 e. The molecular weight excluding hydrogens is 381 g/mol. The molecular formula is C19H18ClF3N2O2. The summed E-state index contributed by atoms with van der Waals surface area (Å²) < 4.78 is 40.1. The van der Waals surface area contributed by atoms with Gasteiger partial charge in [-0.25, -0.2) is 4.79 Å². The van der Waals surface area contributed by atoms with Gasteiger partial charge in [0, 0.05) is 22.7 Å². The predicted molar refractivity (Wildman–Crippen MR) is 94.9 cm³/mol. The number of rotatable bonds is 7. The summed E-state index contributed by atoms with van der Waals surface area (Å²) in [6, 6.07) is 5.31. The molecule has 1 aromatic carbocycles. The van der Waals surface area contributed by atoms with Crippen LogP contribution in [0.5, 0.6) is 0 Å². The fourth-order valence-electron chi connectivity index (χ4n) is 2.82. The first kappa shape index (κ1) is 19.5. The quantitative estimate of drug-likeness (QED) is 0.664. The molecule has 4 nitrogen and oxygen atoms in total. The van der Waals surface area contributed by atoms with Gasteiger partial charge in [0.25, 0.3) is 0 Å². The van der Waals surface area contributed by atoms with Crippen LogP contribution >= 0.6 is 11.6 Å². The van der Waals surface area contributed by atoms with Crippen LogP contribution in [0.4, 0.5) is 13.2 Å². The topological polar surface area (TPSA) is 55.1 Å². The van der Waals surface area contributed by atoms with Gasteiger partial charge in [-0.15, -0.1) is 0 Å². The lowest BCUT2D eigenvalue weighted by molar-refractivity contribution is -0.137. The highest BCUT2D eigenvalue weighted by molar-refractivity contribution is 6.31. The van der Waals surface area contributed by atoms with Crippen LogP contribution in [0.25, 0.3) is 0 Å². The molecule has 0 saturated heterocycles. The number of aliphatic carboxylic acids is 1. The Hall–Kier alpha value is -2.28. The monoisotopic (exact) mass is 398 g/mol. The van der Waals surface area contributed by atoms with Crippen LogP contribution in [-0.2, 0) is 23.9 Å². The molecule has 3 rings (SSSR count). The Kier molecular flexibility index (Phi) is 5.60. The number of allylic oxidation sites excluding steroid dienone is 1. The zero-order valence-corrected chi connectivity index (χ0v) is 15.1. The number of carbonyl (C=O) groups is 1. The van der Waals surface area contributed by atoms with E-state index >= 15 is 0 Å². The highest BCUT2D eigenvalue weighted by Crippen LogP contribution is 2.39. The number of hydrogen-bond acceptors (Lipinski definition) is 2. The van der Waals surface area contributed by atoms with Crippen molar-refractivity contribution in [1.82, 2.24) is 9.78 Å². The van der Waals surface area contributed by atoms with E-state index in [2.05, 4.69) is 5.10 Å². The van der Waals surface area contributed by atoms with E-state index in [0.29, 0.717) is 24.3 Å². The number of nitrogens with zero attached hydrogens (tertiary/aromatic N) is 2. The fraction of sp³-hybridized carbons (Fsp3) is 0.368. The van der Waals surface area contributed by atoms with Crippen LogP contribution in [0.3, 0.4) is 0 Å². The van der Waals surface area contributed by atoms with Crippen molar-refractivity contribution in [1.29, 1.82) is 0 Å². The second kappa shape index (κ2) is 7.76. The number of benzene rings is 1. The molecule has 0 aliphatic heterocycles. The Labute approximate surface area is 159 Å². The second-order valence-corrected chi connectivity index (χ2v) is 6.98. The van der Waals surface area contributed by atoms with Crippen molar-refractivity contribution in [3.8, 4) is 0 Å². The number of carboxylic acid groups (broad SMARTS) is 1. The fourth-order valence-corrected chi connectivity index (χ4v) is 3.06. The number of halogens is 4. The minimum atomic E-state index is -4.44. The lowest BCUT2D eigenvalue weighted by atomic mass is 10.1. The smallest absolute Gasteiger partial charge is 0.416 e. The predicted octanol–water partition coefficient (Wildman–Crippen LogP) is 5.05. The van der Waals surface area contributed by atoms with Crippen LogP contribution in [0.1, 0.15) is 47.7 Å². The molecule has 0 spiro atoms. The van der Waals surface area contributed by atoms with Crippen molar-refractivity contribution < 1.29 is 23.1 Å². The molecule has 27 heavy (non-hydrogen) atoms. The average molecular weight is 399 g/mol. The van der Waals surface area contributed by atoms with Crippen LogP contribution < -0.4 is 0 Å². The molecule has 1 aromatic heterocycles. The number of hydrogen-bond donors (Lipinski definition) is 1. The van der Waals surface area contributed by atoms with E-state index in [1.165, 1.54) is 6.07 Å². The first-order valence-corrected chi connectivity index (χ1v) is 8.93. The van der Waals surface area contributed by atoms with Crippen molar-refractivity contribution >= 4 is 17.6 Å². The van der Waals surface area contributed by atoms with Crippen LogP contribution in [-0.4, -0.2) is 20.9 Å². The molecule has 1 aliphatic carbocycles. The lowest BCUT2D eigenvalue weighted by Gasteiger charge is -2.11. The summed E-state index contributed by atoms with van der Waals surface area (Å²) in [4.78, 5) is 10.6. The zero-order valence-electron chi connectivity index (χ0n) is 14.3. The lowest BCUT2D eigenvalue weighted by Crippen LogP contribution is -2.09. The zero-order chi connectivity index (χ0) is 19.6. The number of alkyl halides is 3. The summed E-state index contributed by atoms with van der Waals surface area (Å²) in [5, 5.41) is 13.3. The van der Waals surface area contributed by atoms with Gasteiger partial charge in [0.05, 0.1) is 17.8 Å². The van der Waals surface area contributed by atoms with Crippen molar-refractivity contribution in [3.63, 3.8) is 0 Å². The third-order valence-electron chi connectivity index (χ3n) is 4.41. The third-order valence-corrected chi connectivity index (χ3v) is 4.76. The van der Waals surface area contributed by atoms with E-state index in [1.54, 1.807) is 10.8 Å². The van der Waals surface area contributed by atoms with E-state index < -0.39 is 17.7 Å². The molecule has 0 radical (unpaired) electrons. The Morgan fingerprint density at radius 2 is 2.07 bits per heavy atom. The molecule has 1 heterocycles. The Morgan fingerprint density at radius 1 is 1.33 bits per heavy atom. The van der Waals surface area contributed by atoms with Gasteiger partial charge in [-0.3, -0.25) is 4.68 Å². The maximum Gasteiger partial charge on any atom is 0.416 e. The SMILES string of the molecule is O=C(O)/C=C/CCc1cc(C2CC2)nn1Cc1ccc(C(F)(F)F)cc1Cl. The molecule has 1 N–H and O–H groups in total. The molecule has 0 atom stereocenters. The average Bonchev–Trinajstić information content (AvgIpc) is 3.35. The normalized spacial score (nSPS) is 14.8. The Bertz CT molecular complexity index is 870. The van der Waals surface area contributed by atoms with Gasteiger partial charge in [-0.2, -0.15) is 18.3 Å². The van der Waals surface area contributed by atoms with E-state index in [9.17, 15) is 18.0 Å². The maximum atomic E-state index is 12.8. The van der Waals surface area contributed by atoms with Crippen LogP contribution in [0.15, 0.2) is 36.4 Å². The molecule has 1 fully saturated rings. The molecule has 0 amide bonds. The Morgan fingerprint density at radius 3 is 2.67 bits per heavy atom. The Balaban J connectivity index is 1.80. The summed E-state index contributed by atoms with van der Waals surface area (Å²) in [6.07, 6.45) is 1.50. The number of aromatic nitrogens is 2. The van der Waals surface area contributed by atoms with Gasteiger partial charge in [0.1, 0.15) is 0 Å². The van der Waals surface area contributed by atoms with Gasteiger partial charge in [0.2, 0.25) is 0 Å². The van der Waals surface area contributed by atoms with Crippen LogP contribution in [0.2, 0.25) is 5.02 Å². The van der Waals surface area contributed by atoms with E-state index in [0.717, 1.165) is 42.4 Å². The summed E-state index contributed by atoms with van der Waals surface area (Å²) in [6.45, 7) is 0.266. The summed E-state index contributed by atoms with van der Waals surface area (Å²) in [5.74, 6) is -0.568. The molecule has 0 bridgehead atoms. The van der Waals surface area contributed by atoms with Crippen molar-refractivity contribution in [2.75, 3.05) is 0 Å². The van der Waals surface area contributed by atoms with E-state index in [-0.39, 0.29) is 11.6 Å². The minimum absolute atomic E-state index is 0.0463. The molecule has 0 unspecified atom stereocenters. The van der Waals surface area contributed by atoms with Gasteiger partial charge in [0.15, 0.2) is 0 Å². The van der Waals surface area contributed by atoms with Crippen molar-refractivity contribution in [2.24, 2.45) is 0 Å². The summed E-state index contributed by atoms with van der Waals surface area (Å²) in [7, 11) is 0. The molecule has 1 saturated carbocycles. The number of carboxylic acids is 1. The van der Waals surface area contributed by atoms with E-state index in [4.69, 9.17) is 16.7 Å². The van der Waals surface area contributed by atoms with Gasteiger partial charge in [-0.1, -0.05) is 23.7 Å². The highest BCUT2D eigenvalue weighted by atomic mass is 35.5. The van der Waals surface area contributed by atoms with Gasteiger partial charge in [-0.05, 0) is 49.4 Å². The molecule has 2 aromatic rings. The largest absolute Gasteiger partial charge is 0.478 e. The summed E-state index contributed by atoms with van der Waals surface area (Å²) in [5.41, 5.74) is 1.64. The van der Waals surface area contributed by atoms with Gasteiger partial charge < -0.3 is 5.11 Å².